The van der Waals surface area contributed by atoms with Crippen molar-refractivity contribution in [3.63, 3.8) is 0 Å². The highest BCUT2D eigenvalue weighted by Gasteiger charge is 2.41. The van der Waals surface area contributed by atoms with Gasteiger partial charge in [0.1, 0.15) is 5.02 Å². The van der Waals surface area contributed by atoms with Gasteiger partial charge in [-0.2, -0.15) is 0 Å². The molecule has 2 aromatic rings. The summed E-state index contributed by atoms with van der Waals surface area (Å²) in [5, 5.41) is 11.4. The lowest BCUT2D eigenvalue weighted by Crippen LogP contribution is -2.35. The molecule has 0 fully saturated rings. The van der Waals surface area contributed by atoms with Crippen LogP contribution < -0.4 is 4.90 Å². The molecule has 0 unspecified atom stereocenters. The summed E-state index contributed by atoms with van der Waals surface area (Å²) in [7, 11) is 2.48. The van der Waals surface area contributed by atoms with Gasteiger partial charge >= 0.3 is 11.9 Å². The molecule has 1 heterocycles. The molecule has 3 rings (SSSR count). The molecule has 0 spiro atoms. The number of carbonyl (C=O) groups excluding carboxylic acids is 2. The minimum atomic E-state index is -0.957. The molecule has 1 aliphatic rings. The van der Waals surface area contributed by atoms with Gasteiger partial charge in [-0.15, -0.1) is 0 Å². The monoisotopic (exact) mass is 470 g/mol. The Morgan fingerprint density at radius 3 is 2.03 bits per heavy atom. The molecule has 9 heteroatoms. The van der Waals surface area contributed by atoms with Gasteiger partial charge in [0.2, 0.25) is 0 Å². The molecular weight excluding hydrogens is 448 g/mol. The first-order valence-electron chi connectivity index (χ1n) is 10.0. The van der Waals surface area contributed by atoms with Gasteiger partial charge < -0.3 is 14.4 Å². The second-order valence-electron chi connectivity index (χ2n) is 7.56. The number of benzene rings is 2. The molecule has 0 saturated carbocycles. The number of methoxy groups -OCH3 is 2. The molecule has 8 nitrogen and oxygen atoms in total. The fraction of sp³-hybridized carbons (Fsp3) is 0.250. The van der Waals surface area contributed by atoms with Crippen LogP contribution in [0, 0.1) is 17.0 Å². The Morgan fingerprint density at radius 1 is 0.970 bits per heavy atom. The van der Waals surface area contributed by atoms with Crippen LogP contribution in [0.1, 0.15) is 30.9 Å². The van der Waals surface area contributed by atoms with Crippen LogP contribution in [0.25, 0.3) is 0 Å². The summed E-state index contributed by atoms with van der Waals surface area (Å²) in [6.07, 6.45) is 0. The highest BCUT2D eigenvalue weighted by Crippen LogP contribution is 2.45. The Morgan fingerprint density at radius 2 is 1.55 bits per heavy atom. The van der Waals surface area contributed by atoms with Crippen molar-refractivity contribution in [3.8, 4) is 0 Å². The number of nitro groups is 1. The average Bonchev–Trinajstić information content (AvgIpc) is 2.78. The first kappa shape index (κ1) is 24.0. The van der Waals surface area contributed by atoms with E-state index in [9.17, 15) is 19.7 Å². The molecule has 0 aliphatic carbocycles. The third-order valence-corrected chi connectivity index (χ3v) is 5.92. The number of hydrogen-bond donors (Lipinski definition) is 0. The highest BCUT2D eigenvalue weighted by molar-refractivity contribution is 6.32. The zero-order chi connectivity index (χ0) is 24.4. The molecule has 172 valence electrons. The molecule has 0 atom stereocenters. The Kier molecular flexibility index (Phi) is 6.88. The van der Waals surface area contributed by atoms with Crippen molar-refractivity contribution >= 4 is 34.9 Å². The molecule has 2 aromatic carbocycles. The second kappa shape index (κ2) is 9.46. The zero-order valence-electron chi connectivity index (χ0n) is 18.8. The zero-order valence-corrected chi connectivity index (χ0v) is 19.6. The molecule has 0 aromatic heterocycles. The normalized spacial score (nSPS) is 14.4. The van der Waals surface area contributed by atoms with Crippen molar-refractivity contribution in [1.29, 1.82) is 0 Å². The van der Waals surface area contributed by atoms with Crippen molar-refractivity contribution in [2.24, 2.45) is 0 Å². The van der Waals surface area contributed by atoms with Crippen LogP contribution in [0.15, 0.2) is 65.0 Å². The summed E-state index contributed by atoms with van der Waals surface area (Å²) in [5.74, 6) is -2.29. The van der Waals surface area contributed by atoms with Crippen LogP contribution in [-0.4, -0.2) is 31.1 Å². The predicted octanol–water partition coefficient (Wildman–Crippen LogP) is 5.05. The third kappa shape index (κ3) is 4.34. The summed E-state index contributed by atoms with van der Waals surface area (Å²) in [5.41, 5.74) is 3.13. The fourth-order valence-corrected chi connectivity index (χ4v) is 4.33. The van der Waals surface area contributed by atoms with E-state index >= 15 is 0 Å². The topological polar surface area (TPSA) is 99.0 Å². The van der Waals surface area contributed by atoms with Crippen LogP contribution >= 0.6 is 11.6 Å². The Hall–Kier alpha value is -3.65. The van der Waals surface area contributed by atoms with E-state index < -0.39 is 22.8 Å². The van der Waals surface area contributed by atoms with Crippen molar-refractivity contribution < 1.29 is 24.0 Å². The summed E-state index contributed by atoms with van der Waals surface area (Å²) in [6.45, 7) is 5.41. The van der Waals surface area contributed by atoms with E-state index in [-0.39, 0.29) is 21.9 Å². The molecule has 0 bridgehead atoms. The van der Waals surface area contributed by atoms with Gasteiger partial charge in [0.15, 0.2) is 0 Å². The molecule has 0 radical (unpaired) electrons. The standard InChI is InChI=1S/C24H23ClN2O6/c1-13-7-6-8-17(11-13)26-14(2)20(23(28)32-4)22(21(15(26)3)24(29)33-5)16-9-10-18(25)19(12-16)27(30)31/h6-12,22H,1-5H3. The van der Waals surface area contributed by atoms with Gasteiger partial charge in [-0.3, -0.25) is 10.1 Å². The van der Waals surface area contributed by atoms with Crippen molar-refractivity contribution in [2.75, 3.05) is 19.1 Å². The number of anilines is 1. The largest absolute Gasteiger partial charge is 0.466 e. The lowest BCUT2D eigenvalue weighted by Gasteiger charge is -2.37. The van der Waals surface area contributed by atoms with Gasteiger partial charge in [0.05, 0.1) is 36.2 Å². The lowest BCUT2D eigenvalue weighted by atomic mass is 9.79. The Balaban J connectivity index is 2.38. The maximum atomic E-state index is 13.0. The Labute approximate surface area is 196 Å². The number of nitro benzene ring substituents is 1. The number of rotatable bonds is 5. The predicted molar refractivity (Wildman–Crippen MR) is 124 cm³/mol. The van der Waals surface area contributed by atoms with Crippen molar-refractivity contribution in [2.45, 2.75) is 26.7 Å². The van der Waals surface area contributed by atoms with Gasteiger partial charge in [0.25, 0.3) is 5.69 Å². The maximum Gasteiger partial charge on any atom is 0.336 e. The van der Waals surface area contributed by atoms with E-state index in [1.165, 1.54) is 26.4 Å². The van der Waals surface area contributed by atoms with E-state index in [1.807, 2.05) is 31.2 Å². The van der Waals surface area contributed by atoms with Crippen LogP contribution in [0.5, 0.6) is 0 Å². The highest BCUT2D eigenvalue weighted by atomic mass is 35.5. The second-order valence-corrected chi connectivity index (χ2v) is 7.96. The number of hydrogen-bond acceptors (Lipinski definition) is 7. The number of carbonyl (C=O) groups is 2. The number of nitrogens with zero attached hydrogens (tertiary/aromatic N) is 2. The SMILES string of the molecule is COC(=O)C1=C(C)N(c2cccc(C)c2)C(C)=C(C(=O)OC)C1c1ccc(Cl)c([N+](=O)[O-])c1. The maximum absolute atomic E-state index is 13.0. The van der Waals surface area contributed by atoms with E-state index in [4.69, 9.17) is 21.1 Å². The van der Waals surface area contributed by atoms with E-state index in [2.05, 4.69) is 0 Å². The van der Waals surface area contributed by atoms with Crippen LogP contribution in [0.3, 0.4) is 0 Å². The molecular formula is C24H23ClN2O6. The van der Waals surface area contributed by atoms with Crippen LogP contribution in [-0.2, 0) is 19.1 Å². The molecule has 0 N–H and O–H groups in total. The number of allylic oxidation sites excluding steroid dienone is 2. The number of ether oxygens (including phenoxy) is 2. The summed E-state index contributed by atoms with van der Waals surface area (Å²) < 4.78 is 10.1. The molecule has 0 saturated heterocycles. The van der Waals surface area contributed by atoms with Gasteiger partial charge in [0, 0.05) is 23.1 Å². The lowest BCUT2D eigenvalue weighted by molar-refractivity contribution is -0.384. The van der Waals surface area contributed by atoms with Crippen LogP contribution in [0.4, 0.5) is 11.4 Å². The summed E-state index contributed by atoms with van der Waals surface area (Å²) in [4.78, 5) is 38.7. The molecule has 33 heavy (non-hydrogen) atoms. The third-order valence-electron chi connectivity index (χ3n) is 5.60. The van der Waals surface area contributed by atoms with Crippen molar-refractivity contribution in [1.82, 2.24) is 0 Å². The van der Waals surface area contributed by atoms with E-state index in [0.717, 1.165) is 11.3 Å². The van der Waals surface area contributed by atoms with Crippen molar-refractivity contribution in [3.05, 3.63) is 91.3 Å². The number of halogens is 1. The first-order chi connectivity index (χ1) is 15.6. The number of esters is 2. The smallest absolute Gasteiger partial charge is 0.336 e. The average molecular weight is 471 g/mol. The van der Waals surface area contributed by atoms with Gasteiger partial charge in [-0.25, -0.2) is 9.59 Å². The van der Waals surface area contributed by atoms with Crippen LogP contribution in [0.2, 0.25) is 5.02 Å². The van der Waals surface area contributed by atoms with E-state index in [0.29, 0.717) is 17.0 Å². The number of aryl methyl sites for hydroxylation is 1. The summed E-state index contributed by atoms with van der Waals surface area (Å²) in [6, 6.07) is 11.8. The van der Waals surface area contributed by atoms with E-state index in [1.54, 1.807) is 24.8 Å². The minimum Gasteiger partial charge on any atom is -0.466 e. The minimum absolute atomic E-state index is 0.0541. The molecule has 0 amide bonds. The summed E-state index contributed by atoms with van der Waals surface area (Å²) >= 11 is 6.00. The first-order valence-corrected chi connectivity index (χ1v) is 10.4. The quantitative estimate of drug-likeness (QED) is 0.342. The Bertz CT molecular complexity index is 1180. The van der Waals surface area contributed by atoms with Gasteiger partial charge in [-0.05, 0) is 50.1 Å². The van der Waals surface area contributed by atoms with Gasteiger partial charge in [-0.1, -0.05) is 29.8 Å². The fourth-order valence-electron chi connectivity index (χ4n) is 4.14. The molecule has 1 aliphatic heterocycles.